The SMILES string of the molecule is Cc1cnn(CCNCc2ccc3c(c2)CCCN3C)c1. The van der Waals surface area contributed by atoms with E-state index in [2.05, 4.69) is 53.7 Å². The van der Waals surface area contributed by atoms with Gasteiger partial charge in [-0.05, 0) is 42.5 Å². The number of benzene rings is 1. The third-order valence-electron chi connectivity index (χ3n) is 4.10. The maximum atomic E-state index is 4.30. The third kappa shape index (κ3) is 3.45. The highest BCUT2D eigenvalue weighted by Crippen LogP contribution is 2.26. The van der Waals surface area contributed by atoms with Crippen molar-refractivity contribution in [3.05, 3.63) is 47.3 Å². The lowest BCUT2D eigenvalue weighted by atomic mass is 9.99. The highest BCUT2D eigenvalue weighted by atomic mass is 15.3. The summed E-state index contributed by atoms with van der Waals surface area (Å²) in [7, 11) is 2.18. The van der Waals surface area contributed by atoms with E-state index >= 15 is 0 Å². The molecule has 2 heterocycles. The van der Waals surface area contributed by atoms with Crippen molar-refractivity contribution >= 4 is 5.69 Å². The van der Waals surface area contributed by atoms with Crippen LogP contribution < -0.4 is 10.2 Å². The summed E-state index contributed by atoms with van der Waals surface area (Å²) in [6.07, 6.45) is 6.45. The molecule has 0 radical (unpaired) electrons. The topological polar surface area (TPSA) is 33.1 Å². The number of nitrogens with one attached hydrogen (secondary N) is 1. The van der Waals surface area contributed by atoms with Crippen LogP contribution in [0.5, 0.6) is 0 Å². The summed E-state index contributed by atoms with van der Waals surface area (Å²) >= 11 is 0. The first-order valence-corrected chi connectivity index (χ1v) is 7.75. The number of fused-ring (bicyclic) bond motifs is 1. The van der Waals surface area contributed by atoms with Crippen LogP contribution in [0.25, 0.3) is 0 Å². The van der Waals surface area contributed by atoms with E-state index < -0.39 is 0 Å². The number of anilines is 1. The predicted molar refractivity (Wildman–Crippen MR) is 86.7 cm³/mol. The zero-order chi connectivity index (χ0) is 14.7. The molecule has 0 aliphatic carbocycles. The predicted octanol–water partition coefficient (Wildman–Crippen LogP) is 2.36. The Hall–Kier alpha value is -1.81. The van der Waals surface area contributed by atoms with Crippen molar-refractivity contribution in [1.82, 2.24) is 15.1 Å². The number of nitrogens with zero attached hydrogens (tertiary/aromatic N) is 3. The Bertz CT molecular complexity index is 603. The standard InChI is InChI=1S/C17H24N4/c1-14-11-19-21(13-14)9-7-18-12-15-5-6-17-16(10-15)4-3-8-20(17)2/h5-6,10-11,13,18H,3-4,7-9,12H2,1-2H3. The zero-order valence-electron chi connectivity index (χ0n) is 13.0. The van der Waals surface area contributed by atoms with Crippen molar-refractivity contribution in [2.45, 2.75) is 32.9 Å². The Balaban J connectivity index is 1.51. The lowest BCUT2D eigenvalue weighted by Crippen LogP contribution is -2.25. The molecule has 0 unspecified atom stereocenters. The van der Waals surface area contributed by atoms with Gasteiger partial charge in [0.05, 0.1) is 12.7 Å². The van der Waals surface area contributed by atoms with Gasteiger partial charge in [0.25, 0.3) is 0 Å². The van der Waals surface area contributed by atoms with Gasteiger partial charge in [0.1, 0.15) is 0 Å². The molecule has 0 saturated carbocycles. The molecule has 4 nitrogen and oxygen atoms in total. The second kappa shape index (κ2) is 6.31. The van der Waals surface area contributed by atoms with Crippen molar-refractivity contribution in [1.29, 1.82) is 0 Å². The minimum absolute atomic E-state index is 0.918. The molecule has 0 atom stereocenters. The fourth-order valence-electron chi connectivity index (χ4n) is 2.96. The molecule has 3 rings (SSSR count). The van der Waals surface area contributed by atoms with Crippen molar-refractivity contribution in [3.63, 3.8) is 0 Å². The lowest BCUT2D eigenvalue weighted by Gasteiger charge is -2.27. The molecule has 0 bridgehead atoms. The average Bonchev–Trinajstić information content (AvgIpc) is 2.89. The molecule has 0 fully saturated rings. The van der Waals surface area contributed by atoms with Gasteiger partial charge in [-0.2, -0.15) is 5.10 Å². The van der Waals surface area contributed by atoms with Gasteiger partial charge >= 0.3 is 0 Å². The van der Waals surface area contributed by atoms with Crippen LogP contribution in [0.2, 0.25) is 0 Å². The number of aromatic nitrogens is 2. The summed E-state index contributed by atoms with van der Waals surface area (Å²) in [4.78, 5) is 2.36. The van der Waals surface area contributed by atoms with E-state index in [0.717, 1.165) is 19.6 Å². The summed E-state index contributed by atoms with van der Waals surface area (Å²) in [6, 6.07) is 6.87. The molecule has 112 valence electrons. The fraction of sp³-hybridized carbons (Fsp3) is 0.471. The van der Waals surface area contributed by atoms with Crippen molar-refractivity contribution in [2.24, 2.45) is 0 Å². The molecule has 1 aromatic carbocycles. The third-order valence-corrected chi connectivity index (χ3v) is 4.10. The number of hydrogen-bond acceptors (Lipinski definition) is 3. The van der Waals surface area contributed by atoms with Crippen LogP contribution in [0.4, 0.5) is 5.69 Å². The smallest absolute Gasteiger partial charge is 0.0534 e. The zero-order valence-corrected chi connectivity index (χ0v) is 13.0. The summed E-state index contributed by atoms with van der Waals surface area (Å²) in [5, 5.41) is 7.80. The van der Waals surface area contributed by atoms with Crippen molar-refractivity contribution < 1.29 is 0 Å². The van der Waals surface area contributed by atoms with Gasteiger partial charge in [-0.3, -0.25) is 4.68 Å². The molecule has 4 heteroatoms. The Morgan fingerprint density at radius 3 is 3.05 bits per heavy atom. The summed E-state index contributed by atoms with van der Waals surface area (Å²) < 4.78 is 1.99. The van der Waals surface area contributed by atoms with E-state index in [1.54, 1.807) is 0 Å². The highest BCUT2D eigenvalue weighted by molar-refractivity contribution is 5.56. The van der Waals surface area contributed by atoms with Gasteiger partial charge < -0.3 is 10.2 Å². The van der Waals surface area contributed by atoms with Crippen LogP contribution in [0, 0.1) is 6.92 Å². The van der Waals surface area contributed by atoms with Gasteiger partial charge in [-0.15, -0.1) is 0 Å². The van der Waals surface area contributed by atoms with Gasteiger partial charge in [-0.1, -0.05) is 12.1 Å². The maximum Gasteiger partial charge on any atom is 0.0534 e. The summed E-state index contributed by atoms with van der Waals surface area (Å²) in [5.41, 5.74) is 5.48. The average molecular weight is 284 g/mol. The monoisotopic (exact) mass is 284 g/mol. The van der Waals surface area contributed by atoms with Crippen LogP contribution in [-0.4, -0.2) is 29.9 Å². The molecule has 1 aliphatic heterocycles. The molecule has 1 aromatic heterocycles. The minimum atomic E-state index is 0.918. The van der Waals surface area contributed by atoms with Gasteiger partial charge in [0.2, 0.25) is 0 Å². The molecule has 0 saturated heterocycles. The van der Waals surface area contributed by atoms with Crippen LogP contribution in [0.1, 0.15) is 23.1 Å². The largest absolute Gasteiger partial charge is 0.374 e. The van der Waals surface area contributed by atoms with E-state index in [9.17, 15) is 0 Å². The molecule has 0 spiro atoms. The van der Waals surface area contributed by atoms with E-state index in [0.29, 0.717) is 0 Å². The lowest BCUT2D eigenvalue weighted by molar-refractivity contribution is 0.554. The fourth-order valence-corrected chi connectivity index (χ4v) is 2.96. The van der Waals surface area contributed by atoms with Crippen LogP contribution >= 0.6 is 0 Å². The van der Waals surface area contributed by atoms with Gasteiger partial charge in [0, 0.05) is 38.6 Å². The van der Waals surface area contributed by atoms with Crippen LogP contribution in [-0.2, 0) is 19.5 Å². The van der Waals surface area contributed by atoms with Gasteiger partial charge in [0.15, 0.2) is 0 Å². The van der Waals surface area contributed by atoms with E-state index in [4.69, 9.17) is 0 Å². The quantitative estimate of drug-likeness (QED) is 0.856. The molecule has 0 amide bonds. The van der Waals surface area contributed by atoms with Crippen LogP contribution in [0.15, 0.2) is 30.6 Å². The summed E-state index contributed by atoms with van der Waals surface area (Å²) in [5.74, 6) is 0. The van der Waals surface area contributed by atoms with Gasteiger partial charge in [-0.25, -0.2) is 0 Å². The number of hydrogen-bond donors (Lipinski definition) is 1. The van der Waals surface area contributed by atoms with Crippen molar-refractivity contribution in [2.75, 3.05) is 25.0 Å². The van der Waals surface area contributed by atoms with E-state index in [1.165, 1.54) is 41.8 Å². The second-order valence-electron chi connectivity index (χ2n) is 5.95. The number of aryl methyl sites for hydroxylation is 2. The van der Waals surface area contributed by atoms with Crippen LogP contribution in [0.3, 0.4) is 0 Å². The number of rotatable bonds is 5. The summed E-state index contributed by atoms with van der Waals surface area (Å²) in [6.45, 7) is 6.03. The molecule has 1 N–H and O–H groups in total. The maximum absolute atomic E-state index is 4.30. The molecule has 2 aromatic rings. The first-order chi connectivity index (χ1) is 10.2. The Morgan fingerprint density at radius 1 is 1.33 bits per heavy atom. The first-order valence-electron chi connectivity index (χ1n) is 7.75. The molecular formula is C17H24N4. The Morgan fingerprint density at radius 2 is 2.24 bits per heavy atom. The molecule has 21 heavy (non-hydrogen) atoms. The second-order valence-corrected chi connectivity index (χ2v) is 5.95. The minimum Gasteiger partial charge on any atom is -0.374 e. The van der Waals surface area contributed by atoms with Crippen molar-refractivity contribution in [3.8, 4) is 0 Å². The molecule has 1 aliphatic rings. The Labute approximate surface area is 126 Å². The normalized spacial score (nSPS) is 14.3. The van der Waals surface area contributed by atoms with E-state index in [1.807, 2.05) is 10.9 Å². The van der Waals surface area contributed by atoms with E-state index in [-0.39, 0.29) is 0 Å². The molecular weight excluding hydrogens is 260 g/mol. The highest BCUT2D eigenvalue weighted by Gasteiger charge is 2.13. The first kappa shape index (κ1) is 14.1. The Kier molecular flexibility index (Phi) is 4.25.